The van der Waals surface area contributed by atoms with Gasteiger partial charge < -0.3 is 14.3 Å². The highest BCUT2D eigenvalue weighted by atomic mass is 16.3. The lowest BCUT2D eigenvalue weighted by atomic mass is 9.79. The number of amides is 1. The van der Waals surface area contributed by atoms with E-state index in [1.54, 1.807) is 12.3 Å². The van der Waals surface area contributed by atoms with Crippen molar-refractivity contribution < 1.29 is 9.21 Å². The molecule has 1 N–H and O–H groups in total. The molecule has 0 aliphatic heterocycles. The van der Waals surface area contributed by atoms with Gasteiger partial charge in [0.2, 0.25) is 0 Å². The average molecular weight is 326 g/mol. The molecule has 0 atom stereocenters. The Hall–Kier alpha value is -2.90. The first-order valence-electron chi connectivity index (χ1n) is 7.89. The van der Waals surface area contributed by atoms with Crippen molar-refractivity contribution in [3.63, 3.8) is 0 Å². The predicted octanol–water partition coefficient (Wildman–Crippen LogP) is 1.33. The van der Waals surface area contributed by atoms with Gasteiger partial charge in [-0.2, -0.15) is 5.10 Å². The molecule has 1 fully saturated rings. The van der Waals surface area contributed by atoms with E-state index >= 15 is 0 Å². The van der Waals surface area contributed by atoms with E-state index in [1.807, 2.05) is 28.6 Å². The highest BCUT2D eigenvalue weighted by Gasteiger charge is 2.35. The second-order valence-electron chi connectivity index (χ2n) is 6.09. The molecule has 0 bridgehead atoms. The molecule has 0 unspecified atom stereocenters. The smallest absolute Gasteiger partial charge is 0.254 e. The molecule has 124 valence electrons. The second-order valence-corrected chi connectivity index (χ2v) is 6.09. The minimum absolute atomic E-state index is 0.0930. The molecule has 4 rings (SSSR count). The van der Waals surface area contributed by atoms with Crippen molar-refractivity contribution in [3.05, 3.63) is 54.3 Å². The molecule has 8 heteroatoms. The zero-order chi connectivity index (χ0) is 16.5. The van der Waals surface area contributed by atoms with Gasteiger partial charge in [-0.25, -0.2) is 0 Å². The second kappa shape index (κ2) is 5.95. The van der Waals surface area contributed by atoms with Crippen LogP contribution < -0.4 is 5.32 Å². The standard InChI is InChI=1S/C16H18N6O2/c1-21-14(9-22-5-2-4-17-22)19-20-15(21)12-7-13(8-12)18-16(23)11-3-6-24-10-11/h2-6,10,12-13H,7-9H2,1H3,(H,18,23). The van der Waals surface area contributed by atoms with Gasteiger partial charge in [-0.05, 0) is 25.0 Å². The van der Waals surface area contributed by atoms with Crippen LogP contribution in [0.3, 0.4) is 0 Å². The first-order valence-corrected chi connectivity index (χ1v) is 7.89. The van der Waals surface area contributed by atoms with Gasteiger partial charge in [0.15, 0.2) is 5.82 Å². The molecule has 0 spiro atoms. The van der Waals surface area contributed by atoms with Crippen molar-refractivity contribution in [2.45, 2.75) is 31.3 Å². The maximum Gasteiger partial charge on any atom is 0.254 e. The maximum atomic E-state index is 12.0. The summed E-state index contributed by atoms with van der Waals surface area (Å²) in [6, 6.07) is 3.72. The normalized spacial score (nSPS) is 19.9. The fraction of sp³-hybridized carbons (Fsp3) is 0.375. The highest BCUT2D eigenvalue weighted by Crippen LogP contribution is 2.36. The Kier molecular flexibility index (Phi) is 3.64. The summed E-state index contributed by atoms with van der Waals surface area (Å²) < 4.78 is 8.78. The van der Waals surface area contributed by atoms with Crippen LogP contribution in [0.1, 0.15) is 40.8 Å². The van der Waals surface area contributed by atoms with Gasteiger partial charge in [0.25, 0.3) is 5.91 Å². The Bertz CT molecular complexity index is 815. The molecule has 1 aliphatic rings. The zero-order valence-electron chi connectivity index (χ0n) is 13.3. The quantitative estimate of drug-likeness (QED) is 0.764. The molecule has 0 radical (unpaired) electrons. The van der Waals surface area contributed by atoms with Gasteiger partial charge in [0, 0.05) is 31.4 Å². The van der Waals surface area contributed by atoms with Crippen LogP contribution in [0.2, 0.25) is 0 Å². The molecule has 3 heterocycles. The Morgan fingerprint density at radius 2 is 2.29 bits per heavy atom. The summed E-state index contributed by atoms with van der Waals surface area (Å²) in [5.41, 5.74) is 0.554. The van der Waals surface area contributed by atoms with Crippen LogP contribution in [-0.4, -0.2) is 36.5 Å². The Morgan fingerprint density at radius 1 is 1.42 bits per heavy atom. The summed E-state index contributed by atoms with van der Waals surface area (Å²) in [5, 5.41) is 15.8. The van der Waals surface area contributed by atoms with Crippen LogP contribution in [0.5, 0.6) is 0 Å². The molecule has 3 aromatic rings. The molecule has 8 nitrogen and oxygen atoms in total. The molecular formula is C16H18N6O2. The van der Waals surface area contributed by atoms with Crippen LogP contribution in [-0.2, 0) is 13.6 Å². The van der Waals surface area contributed by atoms with Crippen molar-refractivity contribution in [2.24, 2.45) is 7.05 Å². The molecular weight excluding hydrogens is 308 g/mol. The van der Waals surface area contributed by atoms with Gasteiger partial charge in [-0.15, -0.1) is 10.2 Å². The SMILES string of the molecule is Cn1c(Cn2cccn2)nnc1C1CC(NC(=O)c2ccoc2)C1. The van der Waals surface area contributed by atoms with E-state index in [2.05, 4.69) is 20.6 Å². The summed E-state index contributed by atoms with van der Waals surface area (Å²) in [4.78, 5) is 12.0. The van der Waals surface area contributed by atoms with E-state index in [0.29, 0.717) is 18.0 Å². The third kappa shape index (κ3) is 2.70. The first-order chi connectivity index (χ1) is 11.7. The molecule has 0 aromatic carbocycles. The summed E-state index contributed by atoms with van der Waals surface area (Å²) in [6.07, 6.45) is 8.35. The fourth-order valence-electron chi connectivity index (χ4n) is 3.02. The molecule has 3 aromatic heterocycles. The fourth-order valence-corrected chi connectivity index (χ4v) is 3.02. The van der Waals surface area contributed by atoms with Crippen LogP contribution in [0.4, 0.5) is 0 Å². The monoisotopic (exact) mass is 326 g/mol. The minimum atomic E-state index is -0.0930. The Morgan fingerprint density at radius 3 is 3.00 bits per heavy atom. The minimum Gasteiger partial charge on any atom is -0.472 e. The highest BCUT2D eigenvalue weighted by molar-refractivity contribution is 5.94. The molecule has 1 aliphatic carbocycles. The number of aromatic nitrogens is 5. The van der Waals surface area contributed by atoms with Crippen LogP contribution in [0.15, 0.2) is 41.5 Å². The maximum absolute atomic E-state index is 12.0. The lowest BCUT2D eigenvalue weighted by molar-refractivity contribution is 0.0906. The Labute approximate surface area is 138 Å². The third-order valence-electron chi connectivity index (χ3n) is 4.48. The average Bonchev–Trinajstić information content (AvgIpc) is 3.27. The van der Waals surface area contributed by atoms with E-state index in [-0.39, 0.29) is 11.9 Å². The van der Waals surface area contributed by atoms with E-state index in [1.165, 1.54) is 12.5 Å². The molecule has 0 saturated heterocycles. The molecule has 1 saturated carbocycles. The Balaban J connectivity index is 1.35. The number of hydrogen-bond donors (Lipinski definition) is 1. The molecule has 1 amide bonds. The van der Waals surface area contributed by atoms with Gasteiger partial charge >= 0.3 is 0 Å². The number of furan rings is 1. The number of rotatable bonds is 5. The van der Waals surface area contributed by atoms with Crippen molar-refractivity contribution in [1.82, 2.24) is 29.9 Å². The first kappa shape index (κ1) is 14.7. The van der Waals surface area contributed by atoms with E-state index < -0.39 is 0 Å². The van der Waals surface area contributed by atoms with Gasteiger partial charge in [-0.1, -0.05) is 0 Å². The number of hydrogen-bond acceptors (Lipinski definition) is 5. The lowest BCUT2D eigenvalue weighted by Gasteiger charge is -2.34. The van der Waals surface area contributed by atoms with Crippen molar-refractivity contribution in [3.8, 4) is 0 Å². The van der Waals surface area contributed by atoms with E-state index in [9.17, 15) is 4.79 Å². The molecule has 24 heavy (non-hydrogen) atoms. The number of carbonyl (C=O) groups is 1. The number of carbonyl (C=O) groups excluding carboxylic acids is 1. The van der Waals surface area contributed by atoms with Crippen molar-refractivity contribution in [2.75, 3.05) is 0 Å². The summed E-state index contributed by atoms with van der Waals surface area (Å²) in [7, 11) is 1.98. The summed E-state index contributed by atoms with van der Waals surface area (Å²) in [6.45, 7) is 0.601. The zero-order valence-corrected chi connectivity index (χ0v) is 13.3. The predicted molar refractivity (Wildman–Crippen MR) is 84.3 cm³/mol. The summed E-state index contributed by atoms with van der Waals surface area (Å²) >= 11 is 0. The van der Waals surface area contributed by atoms with Gasteiger partial charge in [0.05, 0.1) is 11.8 Å². The van der Waals surface area contributed by atoms with E-state index in [4.69, 9.17) is 4.42 Å². The van der Waals surface area contributed by atoms with Crippen LogP contribution >= 0.6 is 0 Å². The van der Waals surface area contributed by atoms with Crippen LogP contribution in [0.25, 0.3) is 0 Å². The van der Waals surface area contributed by atoms with Crippen molar-refractivity contribution in [1.29, 1.82) is 0 Å². The summed E-state index contributed by atoms with van der Waals surface area (Å²) in [5.74, 6) is 2.07. The van der Waals surface area contributed by atoms with E-state index in [0.717, 1.165) is 24.5 Å². The van der Waals surface area contributed by atoms with Gasteiger partial charge in [0.1, 0.15) is 18.6 Å². The topological polar surface area (TPSA) is 90.8 Å². The number of nitrogens with zero attached hydrogens (tertiary/aromatic N) is 5. The lowest BCUT2D eigenvalue weighted by Crippen LogP contribution is -2.43. The largest absolute Gasteiger partial charge is 0.472 e. The van der Waals surface area contributed by atoms with Crippen LogP contribution in [0, 0.1) is 0 Å². The third-order valence-corrected chi connectivity index (χ3v) is 4.48. The number of nitrogens with one attached hydrogen (secondary N) is 1. The van der Waals surface area contributed by atoms with Gasteiger partial charge in [-0.3, -0.25) is 9.48 Å². The van der Waals surface area contributed by atoms with Crippen molar-refractivity contribution >= 4 is 5.91 Å².